The van der Waals surface area contributed by atoms with Crippen molar-refractivity contribution >= 4 is 28.4 Å². The molecule has 2 aromatic rings. The summed E-state index contributed by atoms with van der Waals surface area (Å²) < 4.78 is 23.5. The number of nitrogens with one attached hydrogen (secondary N) is 2. The summed E-state index contributed by atoms with van der Waals surface area (Å²) >= 11 is 0. The number of H-pyrrole nitrogens is 1. The fourth-order valence-electron chi connectivity index (χ4n) is 2.63. The molecule has 2 N–H and O–H groups in total. The van der Waals surface area contributed by atoms with Crippen molar-refractivity contribution in [3.05, 3.63) is 47.8 Å². The maximum atomic E-state index is 12.5. The van der Waals surface area contributed by atoms with Gasteiger partial charge < -0.3 is 9.80 Å². The first-order valence-corrected chi connectivity index (χ1v) is 8.82. The van der Waals surface area contributed by atoms with Crippen LogP contribution in [0.4, 0.5) is 5.69 Å². The van der Waals surface area contributed by atoms with Crippen LogP contribution in [0, 0.1) is 0 Å². The van der Waals surface area contributed by atoms with Gasteiger partial charge in [0.15, 0.2) is 0 Å². The number of carbonyl (C=O) groups is 2. The number of hydrogen-bond donors (Lipinski definition) is 3. The van der Waals surface area contributed by atoms with Crippen LogP contribution in [-0.4, -0.2) is 66.4 Å². The number of amides is 2. The number of nitrogens with zero attached hydrogens (tertiary/aromatic N) is 3. The summed E-state index contributed by atoms with van der Waals surface area (Å²) in [6, 6.07) is 7.84. The van der Waals surface area contributed by atoms with Crippen LogP contribution in [0.15, 0.2) is 36.5 Å². The van der Waals surface area contributed by atoms with Crippen molar-refractivity contribution in [1.29, 1.82) is 0 Å². The van der Waals surface area contributed by atoms with E-state index in [0.29, 0.717) is 43.1 Å². The molecule has 0 unspecified atom stereocenters. The van der Waals surface area contributed by atoms with Crippen LogP contribution in [-0.2, 0) is 10.9 Å². The Morgan fingerprint density at radius 2 is 1.56 bits per heavy atom. The smallest absolute Gasteiger partial charge is 0.274 e. The van der Waals surface area contributed by atoms with Gasteiger partial charge in [-0.1, -0.05) is 0 Å². The van der Waals surface area contributed by atoms with Crippen LogP contribution in [0.3, 0.4) is 0 Å². The second kappa shape index (κ2) is 7.34. The third-order valence-electron chi connectivity index (χ3n) is 3.93. The second-order valence-electron chi connectivity index (χ2n) is 5.49. The minimum atomic E-state index is -2.73. The Hall–Kier alpha value is -2.88. The molecule has 2 heterocycles. The summed E-state index contributed by atoms with van der Waals surface area (Å²) in [4.78, 5) is 28.1. The second-order valence-corrected chi connectivity index (χ2v) is 6.23. The van der Waals surface area contributed by atoms with Gasteiger partial charge in [0.1, 0.15) is 5.69 Å². The van der Waals surface area contributed by atoms with Gasteiger partial charge >= 0.3 is 0 Å². The van der Waals surface area contributed by atoms with Crippen LogP contribution in [0.1, 0.15) is 20.8 Å². The molecule has 0 atom stereocenters. The Morgan fingerprint density at radius 1 is 0.960 bits per heavy atom. The zero-order chi connectivity index (χ0) is 17.8. The molecular weight excluding hydrogens is 346 g/mol. The monoisotopic (exact) mass is 363 g/mol. The largest absolute Gasteiger partial charge is 0.335 e. The summed E-state index contributed by atoms with van der Waals surface area (Å²) in [5.74, 6) is -0.305. The highest BCUT2D eigenvalue weighted by atomic mass is 32.2. The average Bonchev–Trinajstić information content (AvgIpc) is 3.15. The van der Waals surface area contributed by atoms with Gasteiger partial charge in [-0.15, -0.1) is 0 Å². The molecule has 1 fully saturated rings. The molecule has 0 saturated carbocycles. The van der Waals surface area contributed by atoms with E-state index in [1.165, 1.54) is 12.1 Å². The molecule has 1 aromatic heterocycles. The molecule has 1 aliphatic heterocycles. The molecule has 9 nitrogen and oxygen atoms in total. The molecule has 3 rings (SSSR count). The lowest BCUT2D eigenvalue weighted by Gasteiger charge is -2.34. The Morgan fingerprint density at radius 3 is 2.08 bits per heavy atom. The highest BCUT2D eigenvalue weighted by Gasteiger charge is 2.26. The molecule has 1 aromatic carbocycles. The van der Waals surface area contributed by atoms with Gasteiger partial charge in [0.2, 0.25) is 10.9 Å². The maximum Gasteiger partial charge on any atom is 0.274 e. The van der Waals surface area contributed by atoms with E-state index >= 15 is 0 Å². The van der Waals surface area contributed by atoms with Crippen molar-refractivity contribution in [3.63, 3.8) is 0 Å². The minimum absolute atomic E-state index is 0.148. The molecule has 1 saturated heterocycles. The molecule has 0 spiro atoms. The number of rotatable bonds is 4. The predicted octanol–water partition coefficient (Wildman–Crippen LogP) is -0.0538. The number of anilines is 1. The Balaban J connectivity index is 1.59. The molecule has 0 aliphatic carbocycles. The highest BCUT2D eigenvalue weighted by Crippen LogP contribution is 2.14. The number of hydrogen-bond acceptors (Lipinski definition) is 5. The summed E-state index contributed by atoms with van der Waals surface area (Å²) in [6.45, 7) is 1.74. The Bertz CT molecular complexity index is 816. The maximum absolute atomic E-state index is 12.5. The van der Waals surface area contributed by atoms with Gasteiger partial charge in [0, 0.05) is 43.6 Å². The average molecular weight is 363 g/mol. The quantitative estimate of drug-likeness (QED) is 0.659. The van der Waals surface area contributed by atoms with Crippen LogP contribution in [0.2, 0.25) is 0 Å². The Kier molecular flexibility index (Phi) is 4.98. The molecule has 0 radical (unpaired) electrons. The zero-order valence-corrected chi connectivity index (χ0v) is 14.1. The molecule has 10 heteroatoms. The SMILES string of the molecule is O=C(c1ccc(N[SH](=O)=O)cc1)N1CCN(C(=O)c2cc[nH]n2)CC1. The lowest BCUT2D eigenvalue weighted by Crippen LogP contribution is -2.50. The summed E-state index contributed by atoms with van der Waals surface area (Å²) in [5.41, 5.74) is 1.24. The van der Waals surface area contributed by atoms with Gasteiger partial charge in [0.05, 0.1) is 0 Å². The van der Waals surface area contributed by atoms with E-state index < -0.39 is 10.9 Å². The molecule has 0 bridgehead atoms. The highest BCUT2D eigenvalue weighted by molar-refractivity contribution is 7.73. The number of carbonyl (C=O) groups excluding carboxylic acids is 2. The van der Waals surface area contributed by atoms with Crippen molar-refractivity contribution in [1.82, 2.24) is 20.0 Å². The van der Waals surface area contributed by atoms with E-state index in [-0.39, 0.29) is 11.8 Å². The number of benzene rings is 1. The van der Waals surface area contributed by atoms with Crippen LogP contribution in [0.5, 0.6) is 0 Å². The third kappa shape index (κ3) is 3.97. The van der Waals surface area contributed by atoms with Crippen molar-refractivity contribution in [2.24, 2.45) is 0 Å². The summed E-state index contributed by atoms with van der Waals surface area (Å²) in [7, 11) is -2.73. The van der Waals surface area contributed by atoms with Crippen molar-refractivity contribution < 1.29 is 18.0 Å². The standard InChI is InChI=1S/C15H17N5O4S/c21-14(11-1-3-12(4-2-11)18-25(23)24)19-7-9-20(10-8-19)15(22)13-5-6-16-17-13/h1-6,25H,7-10H2,(H,16,17)(H,18,23,24). The lowest BCUT2D eigenvalue weighted by molar-refractivity contribution is 0.0532. The van der Waals surface area contributed by atoms with Crippen molar-refractivity contribution in [2.75, 3.05) is 30.9 Å². The topological polar surface area (TPSA) is 115 Å². The first-order chi connectivity index (χ1) is 12.0. The summed E-state index contributed by atoms with van der Waals surface area (Å²) in [6.07, 6.45) is 1.59. The van der Waals surface area contributed by atoms with Crippen molar-refractivity contribution in [2.45, 2.75) is 0 Å². The predicted molar refractivity (Wildman–Crippen MR) is 90.8 cm³/mol. The van der Waals surface area contributed by atoms with E-state index in [0.717, 1.165) is 0 Å². The molecule has 132 valence electrons. The van der Waals surface area contributed by atoms with E-state index in [1.54, 1.807) is 34.2 Å². The number of piperazine rings is 1. The minimum Gasteiger partial charge on any atom is -0.335 e. The molecular formula is C15H17N5O4S. The van der Waals surface area contributed by atoms with E-state index in [9.17, 15) is 18.0 Å². The lowest BCUT2D eigenvalue weighted by atomic mass is 10.1. The molecule has 2 amide bonds. The van der Waals surface area contributed by atoms with Gasteiger partial charge in [-0.2, -0.15) is 5.10 Å². The fourth-order valence-corrected chi connectivity index (χ4v) is 2.99. The zero-order valence-electron chi connectivity index (χ0n) is 13.2. The first kappa shape index (κ1) is 17.0. The molecule has 25 heavy (non-hydrogen) atoms. The fraction of sp³-hybridized carbons (Fsp3) is 0.267. The van der Waals surface area contributed by atoms with Gasteiger partial charge in [-0.3, -0.25) is 19.4 Å². The van der Waals surface area contributed by atoms with Gasteiger partial charge in [-0.25, -0.2) is 8.42 Å². The Labute approximate surface area is 145 Å². The third-order valence-corrected chi connectivity index (χ3v) is 4.37. The first-order valence-electron chi connectivity index (χ1n) is 7.64. The molecule has 1 aliphatic rings. The normalized spacial score (nSPS) is 14.6. The van der Waals surface area contributed by atoms with Crippen LogP contribution in [0.25, 0.3) is 0 Å². The van der Waals surface area contributed by atoms with E-state index in [2.05, 4.69) is 14.9 Å². The number of aromatic amines is 1. The van der Waals surface area contributed by atoms with E-state index in [4.69, 9.17) is 0 Å². The van der Waals surface area contributed by atoms with Crippen LogP contribution >= 0.6 is 0 Å². The summed E-state index contributed by atoms with van der Waals surface area (Å²) in [5, 5.41) is 6.49. The van der Waals surface area contributed by atoms with Gasteiger partial charge in [0.25, 0.3) is 11.8 Å². The van der Waals surface area contributed by atoms with E-state index in [1.807, 2.05) is 0 Å². The van der Waals surface area contributed by atoms with Crippen LogP contribution < -0.4 is 4.72 Å². The number of aromatic nitrogens is 2. The van der Waals surface area contributed by atoms with Gasteiger partial charge in [-0.05, 0) is 30.3 Å². The van der Waals surface area contributed by atoms with Crippen molar-refractivity contribution in [3.8, 4) is 0 Å². The number of thiol groups is 1.